The first-order valence-electron chi connectivity index (χ1n) is 4.60. The first-order valence-corrected chi connectivity index (χ1v) is 4.98. The van der Waals surface area contributed by atoms with Crippen molar-refractivity contribution >= 4 is 11.6 Å². The molecule has 0 aliphatic rings. The minimum absolute atomic E-state index is 0.431. The highest BCUT2D eigenvalue weighted by Crippen LogP contribution is 2.23. The van der Waals surface area contributed by atoms with Crippen LogP contribution in [0.4, 0.5) is 0 Å². The van der Waals surface area contributed by atoms with Crippen LogP contribution >= 0.6 is 11.6 Å². The topological polar surface area (TPSA) is 22.1 Å². The predicted octanol–water partition coefficient (Wildman–Crippen LogP) is 3.84. The van der Waals surface area contributed by atoms with Crippen LogP contribution in [0.15, 0.2) is 42.6 Å². The summed E-state index contributed by atoms with van der Waals surface area (Å²) in [4.78, 5) is 3.88. The zero-order chi connectivity index (χ0) is 10.7. The van der Waals surface area contributed by atoms with Crippen molar-refractivity contribution in [1.29, 1.82) is 0 Å². The lowest BCUT2D eigenvalue weighted by atomic mass is 10.2. The SMILES string of the molecule is Cc1cccc(Oc2ccnc(Cl)c2)c1. The third-order valence-electron chi connectivity index (χ3n) is 1.92. The molecule has 2 rings (SSSR count). The fraction of sp³-hybridized carbons (Fsp3) is 0.0833. The maximum Gasteiger partial charge on any atom is 0.132 e. The third-order valence-corrected chi connectivity index (χ3v) is 2.13. The van der Waals surface area contributed by atoms with Gasteiger partial charge in [-0.1, -0.05) is 23.7 Å². The van der Waals surface area contributed by atoms with Crippen molar-refractivity contribution < 1.29 is 4.74 Å². The fourth-order valence-electron chi connectivity index (χ4n) is 1.26. The summed E-state index contributed by atoms with van der Waals surface area (Å²) in [6.45, 7) is 2.02. The number of hydrogen-bond acceptors (Lipinski definition) is 2. The van der Waals surface area contributed by atoms with Crippen molar-refractivity contribution in [3.8, 4) is 11.5 Å². The number of benzene rings is 1. The average Bonchev–Trinajstić information content (AvgIpc) is 2.17. The van der Waals surface area contributed by atoms with Gasteiger partial charge in [-0.25, -0.2) is 4.98 Å². The molecular formula is C12H10ClNO. The van der Waals surface area contributed by atoms with Crippen molar-refractivity contribution in [3.05, 3.63) is 53.3 Å². The summed E-state index contributed by atoms with van der Waals surface area (Å²) < 4.78 is 5.62. The molecule has 1 aromatic carbocycles. The van der Waals surface area contributed by atoms with Crippen LogP contribution in [0, 0.1) is 6.92 Å². The number of hydrogen-bond donors (Lipinski definition) is 0. The Morgan fingerprint density at radius 1 is 1.13 bits per heavy atom. The summed E-state index contributed by atoms with van der Waals surface area (Å²) >= 11 is 5.75. The van der Waals surface area contributed by atoms with Gasteiger partial charge in [0, 0.05) is 12.3 Å². The molecule has 0 bridgehead atoms. The molecule has 0 aliphatic carbocycles. The standard InChI is InChI=1S/C12H10ClNO/c1-9-3-2-4-10(7-9)15-11-5-6-14-12(13)8-11/h2-8H,1H3. The second-order valence-electron chi connectivity index (χ2n) is 3.23. The average molecular weight is 220 g/mol. The van der Waals surface area contributed by atoms with Crippen LogP contribution in [0.3, 0.4) is 0 Å². The van der Waals surface area contributed by atoms with E-state index >= 15 is 0 Å². The number of pyridine rings is 1. The van der Waals surface area contributed by atoms with Crippen LogP contribution in [0.1, 0.15) is 5.56 Å². The molecule has 0 fully saturated rings. The summed E-state index contributed by atoms with van der Waals surface area (Å²) in [7, 11) is 0. The summed E-state index contributed by atoms with van der Waals surface area (Å²) in [5, 5.41) is 0.431. The number of nitrogens with zero attached hydrogens (tertiary/aromatic N) is 1. The molecule has 0 aliphatic heterocycles. The molecule has 0 amide bonds. The molecule has 0 N–H and O–H groups in total. The van der Waals surface area contributed by atoms with E-state index in [1.165, 1.54) is 0 Å². The lowest BCUT2D eigenvalue weighted by Gasteiger charge is -2.05. The Morgan fingerprint density at radius 3 is 2.67 bits per heavy atom. The molecule has 2 nitrogen and oxygen atoms in total. The molecular weight excluding hydrogens is 210 g/mol. The zero-order valence-electron chi connectivity index (χ0n) is 8.27. The van der Waals surface area contributed by atoms with Crippen LogP contribution < -0.4 is 4.74 Å². The van der Waals surface area contributed by atoms with Crippen molar-refractivity contribution in [1.82, 2.24) is 4.98 Å². The van der Waals surface area contributed by atoms with E-state index in [-0.39, 0.29) is 0 Å². The molecule has 0 saturated heterocycles. The highest BCUT2D eigenvalue weighted by molar-refractivity contribution is 6.29. The minimum Gasteiger partial charge on any atom is -0.457 e. The van der Waals surface area contributed by atoms with Gasteiger partial charge in [-0.05, 0) is 30.7 Å². The van der Waals surface area contributed by atoms with Gasteiger partial charge in [-0.15, -0.1) is 0 Å². The van der Waals surface area contributed by atoms with Crippen LogP contribution in [-0.2, 0) is 0 Å². The highest BCUT2D eigenvalue weighted by atomic mass is 35.5. The van der Waals surface area contributed by atoms with E-state index in [2.05, 4.69) is 4.98 Å². The Kier molecular flexibility index (Phi) is 2.88. The molecule has 1 heterocycles. The van der Waals surface area contributed by atoms with Crippen molar-refractivity contribution in [2.75, 3.05) is 0 Å². The monoisotopic (exact) mass is 219 g/mol. The maximum absolute atomic E-state index is 5.75. The van der Waals surface area contributed by atoms with Crippen LogP contribution in [-0.4, -0.2) is 4.98 Å². The minimum atomic E-state index is 0.431. The van der Waals surface area contributed by atoms with Gasteiger partial charge in [0.05, 0.1) is 0 Å². The Bertz CT molecular complexity index is 427. The molecule has 0 spiro atoms. The summed E-state index contributed by atoms with van der Waals surface area (Å²) in [5.74, 6) is 1.50. The summed E-state index contributed by atoms with van der Waals surface area (Å²) in [6, 6.07) is 11.3. The smallest absolute Gasteiger partial charge is 0.132 e. The Morgan fingerprint density at radius 2 is 1.93 bits per heavy atom. The van der Waals surface area contributed by atoms with Gasteiger partial charge in [0.15, 0.2) is 0 Å². The summed E-state index contributed by atoms with van der Waals surface area (Å²) in [5.41, 5.74) is 1.16. The second-order valence-corrected chi connectivity index (χ2v) is 3.62. The normalized spacial score (nSPS) is 10.0. The van der Waals surface area contributed by atoms with Crippen molar-refractivity contribution in [2.45, 2.75) is 6.92 Å². The molecule has 0 unspecified atom stereocenters. The third kappa shape index (κ3) is 2.70. The van der Waals surface area contributed by atoms with Crippen molar-refractivity contribution in [3.63, 3.8) is 0 Å². The molecule has 15 heavy (non-hydrogen) atoms. The number of ether oxygens (including phenoxy) is 1. The summed E-state index contributed by atoms with van der Waals surface area (Å²) in [6.07, 6.45) is 1.62. The maximum atomic E-state index is 5.75. The van der Waals surface area contributed by atoms with E-state index in [0.717, 1.165) is 11.3 Å². The predicted molar refractivity (Wildman–Crippen MR) is 60.5 cm³/mol. The Balaban J connectivity index is 2.22. The number of rotatable bonds is 2. The van der Waals surface area contributed by atoms with Gasteiger partial charge in [-0.3, -0.25) is 0 Å². The van der Waals surface area contributed by atoms with Crippen LogP contribution in [0.25, 0.3) is 0 Å². The van der Waals surface area contributed by atoms with E-state index in [1.54, 1.807) is 18.3 Å². The number of halogens is 1. The molecule has 76 valence electrons. The largest absolute Gasteiger partial charge is 0.457 e. The molecule has 0 atom stereocenters. The lowest BCUT2D eigenvalue weighted by molar-refractivity contribution is 0.481. The van der Waals surface area contributed by atoms with Crippen LogP contribution in [0.5, 0.6) is 11.5 Å². The fourth-order valence-corrected chi connectivity index (χ4v) is 1.43. The van der Waals surface area contributed by atoms with Gasteiger partial charge in [0.2, 0.25) is 0 Å². The molecule has 0 radical (unpaired) electrons. The number of aryl methyl sites for hydroxylation is 1. The van der Waals surface area contributed by atoms with Crippen LogP contribution in [0.2, 0.25) is 5.15 Å². The van der Waals surface area contributed by atoms with E-state index in [4.69, 9.17) is 16.3 Å². The molecule has 2 aromatic rings. The number of aromatic nitrogens is 1. The van der Waals surface area contributed by atoms with E-state index in [0.29, 0.717) is 10.9 Å². The Hall–Kier alpha value is -1.54. The van der Waals surface area contributed by atoms with Gasteiger partial charge in [0.1, 0.15) is 16.7 Å². The lowest BCUT2D eigenvalue weighted by Crippen LogP contribution is -1.85. The van der Waals surface area contributed by atoms with E-state index in [9.17, 15) is 0 Å². The molecule has 0 saturated carbocycles. The Labute approximate surface area is 93.5 Å². The van der Waals surface area contributed by atoms with Gasteiger partial charge in [-0.2, -0.15) is 0 Å². The van der Waals surface area contributed by atoms with Gasteiger partial charge < -0.3 is 4.74 Å². The van der Waals surface area contributed by atoms with E-state index < -0.39 is 0 Å². The molecule has 3 heteroatoms. The second kappa shape index (κ2) is 4.32. The molecule has 1 aromatic heterocycles. The highest BCUT2D eigenvalue weighted by Gasteiger charge is 1.98. The quantitative estimate of drug-likeness (QED) is 0.716. The van der Waals surface area contributed by atoms with Crippen molar-refractivity contribution in [2.24, 2.45) is 0 Å². The van der Waals surface area contributed by atoms with Gasteiger partial charge in [0.25, 0.3) is 0 Å². The zero-order valence-corrected chi connectivity index (χ0v) is 9.03. The first-order chi connectivity index (χ1) is 7.24. The van der Waals surface area contributed by atoms with E-state index in [1.807, 2.05) is 31.2 Å². The van der Waals surface area contributed by atoms with Gasteiger partial charge >= 0.3 is 0 Å². The first kappa shape index (κ1) is 9.99.